The van der Waals surface area contributed by atoms with E-state index in [4.69, 9.17) is 4.74 Å². The van der Waals surface area contributed by atoms with Crippen molar-refractivity contribution in [1.82, 2.24) is 4.98 Å². The summed E-state index contributed by atoms with van der Waals surface area (Å²) in [6.07, 6.45) is 2.74. The molecule has 22 heavy (non-hydrogen) atoms. The summed E-state index contributed by atoms with van der Waals surface area (Å²) in [7, 11) is 0. The largest absolute Gasteiger partial charge is 0.504 e. The lowest BCUT2D eigenvalue weighted by atomic mass is 10.2. The van der Waals surface area contributed by atoms with Crippen molar-refractivity contribution in [3.8, 4) is 11.5 Å². The van der Waals surface area contributed by atoms with Crippen LogP contribution in [0, 0.1) is 10.1 Å². The number of phenols is 1. The molecule has 0 aliphatic heterocycles. The van der Waals surface area contributed by atoms with Crippen LogP contribution in [-0.4, -0.2) is 27.8 Å². The number of nitro groups is 1. The number of aromatic hydroxyl groups is 1. The molecule has 2 aromatic rings. The smallest absolute Gasteiger partial charge is 0.313 e. The Morgan fingerprint density at radius 3 is 3.00 bits per heavy atom. The molecule has 0 saturated carbocycles. The van der Waals surface area contributed by atoms with E-state index in [1.165, 1.54) is 24.5 Å². The first-order valence-corrected chi connectivity index (χ1v) is 6.46. The molecule has 0 radical (unpaired) electrons. The van der Waals surface area contributed by atoms with Crippen LogP contribution in [0.5, 0.6) is 11.5 Å². The van der Waals surface area contributed by atoms with E-state index in [2.05, 4.69) is 15.5 Å². The van der Waals surface area contributed by atoms with E-state index < -0.39 is 4.92 Å². The zero-order chi connectivity index (χ0) is 15.9. The van der Waals surface area contributed by atoms with Gasteiger partial charge in [-0.25, -0.2) is 4.98 Å². The lowest BCUT2D eigenvalue weighted by molar-refractivity contribution is -0.384. The second kappa shape index (κ2) is 7.02. The third-order valence-electron chi connectivity index (χ3n) is 2.69. The van der Waals surface area contributed by atoms with Gasteiger partial charge in [0.25, 0.3) is 0 Å². The predicted octanol–water partition coefficient (Wildman–Crippen LogP) is 2.54. The number of phenolic OH excluding ortho intramolecular Hbond substituents is 1. The summed E-state index contributed by atoms with van der Waals surface area (Å²) < 4.78 is 5.26. The fourth-order valence-corrected chi connectivity index (χ4v) is 1.71. The number of benzene rings is 1. The fourth-order valence-electron chi connectivity index (χ4n) is 1.71. The van der Waals surface area contributed by atoms with Crippen LogP contribution in [0.4, 0.5) is 11.5 Å². The summed E-state index contributed by atoms with van der Waals surface area (Å²) in [5, 5.41) is 24.7. The SMILES string of the molecule is CCOc1cccc(/C=N\Nc2ncccc2[N+](=O)[O-])c1O. The highest BCUT2D eigenvalue weighted by Crippen LogP contribution is 2.28. The minimum atomic E-state index is -0.558. The molecule has 8 heteroatoms. The van der Waals surface area contributed by atoms with Gasteiger partial charge in [0.2, 0.25) is 5.82 Å². The Morgan fingerprint density at radius 1 is 1.45 bits per heavy atom. The molecular weight excluding hydrogens is 288 g/mol. The third kappa shape index (κ3) is 3.48. The molecule has 0 atom stereocenters. The Labute approximate surface area is 126 Å². The van der Waals surface area contributed by atoms with Crippen molar-refractivity contribution >= 4 is 17.7 Å². The number of rotatable bonds is 6. The number of nitrogens with zero attached hydrogens (tertiary/aromatic N) is 3. The van der Waals surface area contributed by atoms with Gasteiger partial charge < -0.3 is 9.84 Å². The molecule has 1 heterocycles. The number of anilines is 1. The van der Waals surface area contributed by atoms with Gasteiger partial charge in [0.15, 0.2) is 11.5 Å². The molecule has 0 aliphatic carbocycles. The van der Waals surface area contributed by atoms with Gasteiger partial charge in [-0.05, 0) is 25.1 Å². The van der Waals surface area contributed by atoms with Gasteiger partial charge in [-0.1, -0.05) is 6.07 Å². The Bertz CT molecular complexity index is 703. The molecule has 0 amide bonds. The normalized spacial score (nSPS) is 10.6. The van der Waals surface area contributed by atoms with Crippen LogP contribution in [0.15, 0.2) is 41.6 Å². The summed E-state index contributed by atoms with van der Waals surface area (Å²) in [6, 6.07) is 7.75. The summed E-state index contributed by atoms with van der Waals surface area (Å²) in [6.45, 7) is 2.23. The van der Waals surface area contributed by atoms with Crippen LogP contribution in [0.1, 0.15) is 12.5 Å². The molecule has 2 rings (SSSR count). The number of para-hydroxylation sites is 1. The quantitative estimate of drug-likeness (QED) is 0.482. The molecule has 0 spiro atoms. The third-order valence-corrected chi connectivity index (χ3v) is 2.69. The molecule has 8 nitrogen and oxygen atoms in total. The van der Waals surface area contributed by atoms with Gasteiger partial charge in [-0.3, -0.25) is 15.5 Å². The van der Waals surface area contributed by atoms with E-state index in [-0.39, 0.29) is 17.3 Å². The fraction of sp³-hybridized carbons (Fsp3) is 0.143. The summed E-state index contributed by atoms with van der Waals surface area (Å²) in [5.74, 6) is 0.310. The van der Waals surface area contributed by atoms with Crippen molar-refractivity contribution in [1.29, 1.82) is 0 Å². The van der Waals surface area contributed by atoms with Crippen LogP contribution in [0.3, 0.4) is 0 Å². The molecular formula is C14H14N4O4. The molecule has 114 valence electrons. The first-order valence-electron chi connectivity index (χ1n) is 6.46. The van der Waals surface area contributed by atoms with Gasteiger partial charge in [0.1, 0.15) is 0 Å². The average Bonchev–Trinajstić information content (AvgIpc) is 2.51. The van der Waals surface area contributed by atoms with Crippen molar-refractivity contribution < 1.29 is 14.8 Å². The molecule has 2 N–H and O–H groups in total. The molecule has 0 aliphatic rings. The second-order valence-corrected chi connectivity index (χ2v) is 4.13. The van der Waals surface area contributed by atoms with E-state index in [1.807, 2.05) is 6.92 Å². The van der Waals surface area contributed by atoms with Crippen LogP contribution < -0.4 is 10.2 Å². The minimum absolute atomic E-state index is 0.0178. The standard InChI is InChI=1S/C14H14N4O4/c1-2-22-12-7-3-5-10(13(12)19)9-16-17-14-11(18(20)21)6-4-8-15-14/h3-9,19H,2H2,1H3,(H,15,17)/b16-9-. The maximum Gasteiger partial charge on any atom is 0.313 e. The van der Waals surface area contributed by atoms with Crippen molar-refractivity contribution in [2.45, 2.75) is 6.92 Å². The Balaban J connectivity index is 2.17. The first kappa shape index (κ1) is 15.2. The van der Waals surface area contributed by atoms with E-state index in [1.54, 1.807) is 18.2 Å². The lowest BCUT2D eigenvalue weighted by Gasteiger charge is -2.07. The number of pyridine rings is 1. The molecule has 0 unspecified atom stereocenters. The minimum Gasteiger partial charge on any atom is -0.504 e. The van der Waals surface area contributed by atoms with Gasteiger partial charge in [0, 0.05) is 17.8 Å². The maximum atomic E-state index is 10.8. The van der Waals surface area contributed by atoms with Crippen molar-refractivity contribution in [3.05, 3.63) is 52.2 Å². The number of nitrogens with one attached hydrogen (secondary N) is 1. The number of hydrogen-bond donors (Lipinski definition) is 2. The highest BCUT2D eigenvalue weighted by molar-refractivity contribution is 5.85. The van der Waals surface area contributed by atoms with Crippen molar-refractivity contribution in [2.75, 3.05) is 12.0 Å². The van der Waals surface area contributed by atoms with Crippen LogP contribution in [-0.2, 0) is 0 Å². The van der Waals surface area contributed by atoms with Crippen LogP contribution in [0.2, 0.25) is 0 Å². The monoisotopic (exact) mass is 302 g/mol. The van der Waals surface area contributed by atoms with Crippen LogP contribution in [0.25, 0.3) is 0 Å². The first-order chi connectivity index (χ1) is 10.6. The Morgan fingerprint density at radius 2 is 2.27 bits per heavy atom. The van der Waals surface area contributed by atoms with E-state index in [0.29, 0.717) is 17.9 Å². The number of hydrogen-bond acceptors (Lipinski definition) is 7. The van der Waals surface area contributed by atoms with Gasteiger partial charge in [0.05, 0.1) is 17.7 Å². The molecule has 0 fully saturated rings. The molecule has 0 saturated heterocycles. The van der Waals surface area contributed by atoms with Gasteiger partial charge in [-0.15, -0.1) is 0 Å². The number of hydrazone groups is 1. The molecule has 0 bridgehead atoms. The number of aromatic nitrogens is 1. The summed E-state index contributed by atoms with van der Waals surface area (Å²) in [5.41, 5.74) is 2.71. The van der Waals surface area contributed by atoms with E-state index >= 15 is 0 Å². The topological polar surface area (TPSA) is 110 Å². The Kier molecular flexibility index (Phi) is 4.86. The predicted molar refractivity (Wildman–Crippen MR) is 81.4 cm³/mol. The number of ether oxygens (including phenoxy) is 1. The molecule has 1 aromatic heterocycles. The van der Waals surface area contributed by atoms with E-state index in [0.717, 1.165) is 0 Å². The zero-order valence-electron chi connectivity index (χ0n) is 11.8. The maximum absolute atomic E-state index is 10.8. The van der Waals surface area contributed by atoms with Crippen LogP contribution >= 0.6 is 0 Å². The Hall–Kier alpha value is -3.16. The zero-order valence-corrected chi connectivity index (χ0v) is 11.8. The summed E-state index contributed by atoms with van der Waals surface area (Å²) >= 11 is 0. The lowest BCUT2D eigenvalue weighted by Crippen LogP contribution is -1.99. The van der Waals surface area contributed by atoms with Crippen molar-refractivity contribution in [2.24, 2.45) is 5.10 Å². The highest BCUT2D eigenvalue weighted by atomic mass is 16.6. The average molecular weight is 302 g/mol. The van der Waals surface area contributed by atoms with Crippen molar-refractivity contribution in [3.63, 3.8) is 0 Å². The van der Waals surface area contributed by atoms with Gasteiger partial charge >= 0.3 is 5.69 Å². The summed E-state index contributed by atoms with van der Waals surface area (Å²) in [4.78, 5) is 14.1. The molecule has 1 aromatic carbocycles. The van der Waals surface area contributed by atoms with Gasteiger partial charge in [-0.2, -0.15) is 5.10 Å². The van der Waals surface area contributed by atoms with E-state index in [9.17, 15) is 15.2 Å². The second-order valence-electron chi connectivity index (χ2n) is 4.13. The highest BCUT2D eigenvalue weighted by Gasteiger charge is 2.13.